The van der Waals surface area contributed by atoms with Crippen molar-refractivity contribution in [3.8, 4) is 0 Å². The zero-order valence-corrected chi connectivity index (χ0v) is 12.7. The van der Waals surface area contributed by atoms with Gasteiger partial charge >= 0.3 is 0 Å². The van der Waals surface area contributed by atoms with Crippen molar-refractivity contribution in [3.63, 3.8) is 0 Å². The second-order valence-corrected chi connectivity index (χ2v) is 5.77. The van der Waals surface area contributed by atoms with E-state index in [-0.39, 0.29) is 12.0 Å². The lowest BCUT2D eigenvalue weighted by atomic mass is 9.96. The standard InChI is InChI=1S/C13H22ClN3O2/c1-13(2,3)12-15-10(14)9-11(16-12)17(4)5-7-19-8-6-18/h9,18H,5-8H2,1-4H3. The second-order valence-electron chi connectivity index (χ2n) is 5.38. The normalized spacial score (nSPS) is 11.7. The molecule has 0 atom stereocenters. The number of aromatic nitrogens is 2. The zero-order valence-electron chi connectivity index (χ0n) is 12.0. The van der Waals surface area contributed by atoms with Crippen molar-refractivity contribution in [2.24, 2.45) is 0 Å². The average molecular weight is 288 g/mol. The first-order chi connectivity index (χ1) is 8.84. The van der Waals surface area contributed by atoms with Crippen LogP contribution in [0.1, 0.15) is 26.6 Å². The SMILES string of the molecule is CN(CCOCCO)c1cc(Cl)nc(C(C)(C)C)n1. The Morgan fingerprint density at radius 1 is 1.32 bits per heavy atom. The molecule has 0 fully saturated rings. The molecule has 0 radical (unpaired) electrons. The van der Waals surface area contributed by atoms with E-state index in [1.807, 2.05) is 32.7 Å². The number of aliphatic hydroxyl groups is 1. The van der Waals surface area contributed by atoms with Crippen LogP contribution in [0.15, 0.2) is 6.07 Å². The Bertz CT molecular complexity index is 407. The summed E-state index contributed by atoms with van der Waals surface area (Å²) in [6.45, 7) is 7.75. The van der Waals surface area contributed by atoms with E-state index >= 15 is 0 Å². The van der Waals surface area contributed by atoms with Gasteiger partial charge in [-0.15, -0.1) is 0 Å². The number of nitrogens with zero attached hydrogens (tertiary/aromatic N) is 3. The predicted molar refractivity (Wildman–Crippen MR) is 76.9 cm³/mol. The smallest absolute Gasteiger partial charge is 0.137 e. The van der Waals surface area contributed by atoms with Crippen LogP contribution >= 0.6 is 11.6 Å². The number of aliphatic hydroxyl groups excluding tert-OH is 1. The third-order valence-corrected chi connectivity index (χ3v) is 2.74. The minimum absolute atomic E-state index is 0.0389. The third kappa shape index (κ3) is 5.30. The van der Waals surface area contributed by atoms with Gasteiger partial charge in [0.1, 0.15) is 16.8 Å². The Hall–Kier alpha value is -0.910. The van der Waals surface area contributed by atoms with Crippen molar-refractivity contribution in [2.45, 2.75) is 26.2 Å². The van der Waals surface area contributed by atoms with Gasteiger partial charge in [0.25, 0.3) is 0 Å². The first-order valence-corrected chi connectivity index (χ1v) is 6.67. The molecular weight excluding hydrogens is 266 g/mol. The van der Waals surface area contributed by atoms with Crippen LogP contribution in [0.4, 0.5) is 5.82 Å². The van der Waals surface area contributed by atoms with Crippen LogP contribution in [0.25, 0.3) is 0 Å². The summed E-state index contributed by atoms with van der Waals surface area (Å²) in [5.41, 5.74) is -0.145. The van der Waals surface area contributed by atoms with E-state index in [0.29, 0.717) is 24.9 Å². The summed E-state index contributed by atoms with van der Waals surface area (Å²) >= 11 is 6.04. The van der Waals surface area contributed by atoms with E-state index in [1.165, 1.54) is 0 Å². The van der Waals surface area contributed by atoms with Gasteiger partial charge < -0.3 is 14.7 Å². The van der Waals surface area contributed by atoms with E-state index in [2.05, 4.69) is 9.97 Å². The summed E-state index contributed by atoms with van der Waals surface area (Å²) in [5, 5.41) is 9.08. The monoisotopic (exact) mass is 287 g/mol. The van der Waals surface area contributed by atoms with Crippen LogP contribution in [0.3, 0.4) is 0 Å². The molecule has 0 aliphatic heterocycles. The number of likely N-dealkylation sites (N-methyl/N-ethyl adjacent to an activating group) is 1. The summed E-state index contributed by atoms with van der Waals surface area (Å²) < 4.78 is 5.23. The van der Waals surface area contributed by atoms with E-state index in [4.69, 9.17) is 21.4 Å². The first-order valence-electron chi connectivity index (χ1n) is 6.29. The quantitative estimate of drug-likeness (QED) is 0.639. The zero-order chi connectivity index (χ0) is 14.5. The molecule has 0 spiro atoms. The second kappa shape index (κ2) is 7.03. The summed E-state index contributed by atoms with van der Waals surface area (Å²) in [6.07, 6.45) is 0. The molecule has 0 aromatic carbocycles. The number of ether oxygens (including phenoxy) is 1. The van der Waals surface area contributed by atoms with Crippen molar-refractivity contribution < 1.29 is 9.84 Å². The molecule has 1 N–H and O–H groups in total. The van der Waals surface area contributed by atoms with E-state index < -0.39 is 0 Å². The highest BCUT2D eigenvalue weighted by Crippen LogP contribution is 2.23. The van der Waals surface area contributed by atoms with Crippen LogP contribution in [-0.4, -0.2) is 48.5 Å². The summed E-state index contributed by atoms with van der Waals surface area (Å²) in [7, 11) is 1.92. The molecule has 0 bridgehead atoms. The maximum atomic E-state index is 8.63. The fraction of sp³-hybridized carbons (Fsp3) is 0.692. The van der Waals surface area contributed by atoms with Crippen LogP contribution in [0.5, 0.6) is 0 Å². The van der Waals surface area contributed by atoms with Crippen LogP contribution < -0.4 is 4.90 Å². The lowest BCUT2D eigenvalue weighted by Crippen LogP contribution is -2.26. The molecule has 108 valence electrons. The van der Waals surface area contributed by atoms with Crippen LogP contribution in [0, 0.1) is 0 Å². The Balaban J connectivity index is 2.74. The van der Waals surface area contributed by atoms with Gasteiger partial charge in [-0.25, -0.2) is 9.97 Å². The largest absolute Gasteiger partial charge is 0.394 e. The molecule has 0 aliphatic rings. The minimum Gasteiger partial charge on any atom is -0.394 e. The van der Waals surface area contributed by atoms with Crippen molar-refractivity contribution >= 4 is 17.4 Å². The number of halogens is 1. The molecule has 5 nitrogen and oxygen atoms in total. The molecule has 0 amide bonds. The number of hydrogen-bond acceptors (Lipinski definition) is 5. The number of hydrogen-bond donors (Lipinski definition) is 1. The molecule has 1 aromatic heterocycles. The van der Waals surface area contributed by atoms with Crippen molar-refractivity contribution in [1.82, 2.24) is 9.97 Å². The number of rotatable bonds is 6. The predicted octanol–water partition coefficient (Wildman–Crippen LogP) is 1.87. The summed E-state index contributed by atoms with van der Waals surface area (Å²) in [4.78, 5) is 10.7. The van der Waals surface area contributed by atoms with Crippen molar-refractivity contribution in [3.05, 3.63) is 17.0 Å². The van der Waals surface area contributed by atoms with Gasteiger partial charge in [0.2, 0.25) is 0 Å². The molecule has 1 aromatic rings. The summed E-state index contributed by atoms with van der Waals surface area (Å²) in [5.74, 6) is 1.50. The number of anilines is 1. The molecular formula is C13H22ClN3O2. The molecule has 0 unspecified atom stereocenters. The topological polar surface area (TPSA) is 58.5 Å². The molecule has 0 saturated heterocycles. The Labute approximate surface area is 119 Å². The molecule has 1 heterocycles. The Kier molecular flexibility index (Phi) is 5.97. The maximum Gasteiger partial charge on any atom is 0.137 e. The van der Waals surface area contributed by atoms with Gasteiger partial charge in [-0.1, -0.05) is 32.4 Å². The Morgan fingerprint density at radius 2 is 2.00 bits per heavy atom. The molecule has 0 aliphatic carbocycles. The minimum atomic E-state index is -0.145. The molecule has 0 saturated carbocycles. The lowest BCUT2D eigenvalue weighted by molar-refractivity contribution is 0.0970. The lowest BCUT2D eigenvalue weighted by Gasteiger charge is -2.22. The van der Waals surface area contributed by atoms with Gasteiger partial charge in [-0.3, -0.25) is 0 Å². The highest BCUT2D eigenvalue weighted by atomic mass is 35.5. The van der Waals surface area contributed by atoms with Crippen molar-refractivity contribution in [1.29, 1.82) is 0 Å². The Morgan fingerprint density at radius 3 is 2.58 bits per heavy atom. The van der Waals surface area contributed by atoms with Crippen LogP contribution in [-0.2, 0) is 10.2 Å². The average Bonchev–Trinajstić information content (AvgIpc) is 2.32. The fourth-order valence-electron chi connectivity index (χ4n) is 1.42. The van der Waals surface area contributed by atoms with Crippen LogP contribution in [0.2, 0.25) is 5.15 Å². The maximum absolute atomic E-state index is 8.63. The molecule has 1 rings (SSSR count). The molecule has 19 heavy (non-hydrogen) atoms. The van der Waals surface area contributed by atoms with Gasteiger partial charge in [0.15, 0.2) is 0 Å². The summed E-state index contributed by atoms with van der Waals surface area (Å²) in [6, 6.07) is 1.74. The van der Waals surface area contributed by atoms with E-state index in [0.717, 1.165) is 11.6 Å². The highest BCUT2D eigenvalue weighted by Gasteiger charge is 2.19. The third-order valence-electron chi connectivity index (χ3n) is 2.55. The first kappa shape index (κ1) is 16.1. The van der Waals surface area contributed by atoms with Gasteiger partial charge in [-0.2, -0.15) is 0 Å². The van der Waals surface area contributed by atoms with E-state index in [1.54, 1.807) is 6.07 Å². The fourth-order valence-corrected chi connectivity index (χ4v) is 1.60. The van der Waals surface area contributed by atoms with Gasteiger partial charge in [0.05, 0.1) is 19.8 Å². The molecule has 6 heteroatoms. The van der Waals surface area contributed by atoms with E-state index in [9.17, 15) is 0 Å². The van der Waals surface area contributed by atoms with Gasteiger partial charge in [-0.05, 0) is 0 Å². The van der Waals surface area contributed by atoms with Gasteiger partial charge in [0, 0.05) is 25.1 Å². The van der Waals surface area contributed by atoms with Crippen molar-refractivity contribution in [2.75, 3.05) is 38.3 Å². The highest BCUT2D eigenvalue weighted by molar-refractivity contribution is 6.29.